The largest absolute Gasteiger partial charge is 0.295 e. The molecule has 6 aromatic rings. The molecule has 1 atom stereocenters. The van der Waals surface area contributed by atoms with Gasteiger partial charge in [0.25, 0.3) is 0 Å². The summed E-state index contributed by atoms with van der Waals surface area (Å²) >= 11 is 6.65. The van der Waals surface area contributed by atoms with E-state index in [9.17, 15) is 0 Å². The number of imidazole rings is 1. The van der Waals surface area contributed by atoms with Crippen LogP contribution in [0, 0.1) is 0 Å². The zero-order valence-electron chi connectivity index (χ0n) is 17.6. The van der Waals surface area contributed by atoms with E-state index >= 15 is 0 Å². The quantitative estimate of drug-likeness (QED) is 0.238. The van der Waals surface area contributed by atoms with Crippen LogP contribution in [0.25, 0.3) is 38.6 Å². The molecule has 2 nitrogen and oxygen atoms in total. The molecule has 0 radical (unpaired) electrons. The molecule has 0 saturated heterocycles. The number of fused-ring (bicyclic) bond motifs is 14. The number of aromatic nitrogens is 2. The summed E-state index contributed by atoms with van der Waals surface area (Å²) in [6.45, 7) is 0. The average molecular weight is 441 g/mol. The molecule has 3 heteroatoms. The Morgan fingerprint density at radius 2 is 1.48 bits per heavy atom. The van der Waals surface area contributed by atoms with Crippen molar-refractivity contribution in [3.05, 3.63) is 131 Å². The zero-order chi connectivity index (χ0) is 21.7. The third kappa shape index (κ3) is 1.95. The van der Waals surface area contributed by atoms with Gasteiger partial charge in [-0.25, -0.2) is 4.98 Å². The molecule has 0 saturated carbocycles. The van der Waals surface area contributed by atoms with Crippen LogP contribution in [-0.2, 0) is 5.41 Å². The fourth-order valence-corrected chi connectivity index (χ4v) is 6.41. The van der Waals surface area contributed by atoms with Gasteiger partial charge in [0.05, 0.1) is 16.7 Å². The van der Waals surface area contributed by atoms with Crippen LogP contribution in [0.1, 0.15) is 22.5 Å². The normalized spacial score (nSPS) is 17.4. The van der Waals surface area contributed by atoms with E-state index in [1.807, 2.05) is 6.07 Å². The van der Waals surface area contributed by atoms with Crippen molar-refractivity contribution >= 4 is 33.4 Å². The van der Waals surface area contributed by atoms with E-state index in [2.05, 4.69) is 102 Å². The maximum atomic E-state index is 6.65. The maximum absolute atomic E-state index is 6.65. The number of nitrogens with zero attached hydrogens (tertiary/aromatic N) is 2. The molecule has 154 valence electrons. The molecule has 0 fully saturated rings. The van der Waals surface area contributed by atoms with Gasteiger partial charge < -0.3 is 0 Å². The Morgan fingerprint density at radius 3 is 2.45 bits per heavy atom. The van der Waals surface area contributed by atoms with Crippen molar-refractivity contribution in [3.63, 3.8) is 0 Å². The molecular weight excluding hydrogens is 424 g/mol. The van der Waals surface area contributed by atoms with Crippen molar-refractivity contribution in [1.29, 1.82) is 0 Å². The van der Waals surface area contributed by atoms with Crippen LogP contribution in [0.2, 0.25) is 5.02 Å². The number of rotatable bonds is 0. The van der Waals surface area contributed by atoms with Crippen LogP contribution in [0.3, 0.4) is 0 Å². The summed E-state index contributed by atoms with van der Waals surface area (Å²) in [5.74, 6) is 1.04. The van der Waals surface area contributed by atoms with Gasteiger partial charge in [-0.1, -0.05) is 84.4 Å². The number of halogens is 1. The smallest absolute Gasteiger partial charge is 0.134 e. The molecular formula is C30H17ClN2. The molecule has 1 aliphatic carbocycles. The highest BCUT2D eigenvalue weighted by molar-refractivity contribution is 6.30. The van der Waals surface area contributed by atoms with Gasteiger partial charge in [-0.2, -0.15) is 0 Å². The van der Waals surface area contributed by atoms with Gasteiger partial charge in [-0.05, 0) is 63.4 Å². The second-order valence-electron chi connectivity index (χ2n) is 8.93. The zero-order valence-corrected chi connectivity index (χ0v) is 18.3. The minimum Gasteiger partial charge on any atom is -0.295 e. The van der Waals surface area contributed by atoms with Gasteiger partial charge in [0, 0.05) is 10.6 Å². The molecule has 1 aromatic heterocycles. The molecule has 0 amide bonds. The standard InChI is InChI=1S/C30H17ClN2/c31-19-14-15-22-21-9-3-4-10-23(21)30(24(22)17-19)28-20-8-2-1-7-18(20)13-16-27(28)33-26-12-6-5-11-25(26)32-29(30)33/h1-17H. The Morgan fingerprint density at radius 1 is 0.697 bits per heavy atom. The number of hydrogen-bond donors (Lipinski definition) is 0. The molecule has 5 aromatic carbocycles. The highest BCUT2D eigenvalue weighted by Gasteiger charge is 2.55. The Bertz CT molecular complexity index is 1800. The number of para-hydroxylation sites is 2. The van der Waals surface area contributed by atoms with Crippen molar-refractivity contribution in [1.82, 2.24) is 9.55 Å². The monoisotopic (exact) mass is 440 g/mol. The van der Waals surface area contributed by atoms with E-state index in [1.165, 1.54) is 44.3 Å². The molecule has 1 spiro atoms. The molecule has 8 rings (SSSR count). The predicted molar refractivity (Wildman–Crippen MR) is 134 cm³/mol. The Labute approximate surface area is 195 Å². The van der Waals surface area contributed by atoms with E-state index in [4.69, 9.17) is 16.6 Å². The lowest BCUT2D eigenvalue weighted by atomic mass is 9.71. The fraction of sp³-hybridized carbons (Fsp3) is 0.0333. The lowest BCUT2D eigenvalue weighted by molar-refractivity contribution is 0.743. The van der Waals surface area contributed by atoms with Crippen LogP contribution < -0.4 is 0 Å². The lowest BCUT2D eigenvalue weighted by Crippen LogP contribution is -2.27. The summed E-state index contributed by atoms with van der Waals surface area (Å²) in [5.41, 5.74) is 9.08. The van der Waals surface area contributed by atoms with Crippen molar-refractivity contribution in [2.45, 2.75) is 5.41 Å². The van der Waals surface area contributed by atoms with Gasteiger partial charge in [-0.15, -0.1) is 0 Å². The SMILES string of the molecule is Clc1ccc2c(c1)C1(c3ccccc3-2)c2c(ccc3ccccc23)-n2c1nc1ccccc12. The van der Waals surface area contributed by atoms with Crippen LogP contribution in [0.5, 0.6) is 0 Å². The van der Waals surface area contributed by atoms with E-state index in [1.54, 1.807) is 0 Å². The first-order valence-electron chi connectivity index (χ1n) is 11.2. The van der Waals surface area contributed by atoms with E-state index in [-0.39, 0.29) is 0 Å². The van der Waals surface area contributed by atoms with Gasteiger partial charge >= 0.3 is 0 Å². The van der Waals surface area contributed by atoms with Crippen LogP contribution >= 0.6 is 11.6 Å². The highest BCUT2D eigenvalue weighted by Crippen LogP contribution is 2.61. The van der Waals surface area contributed by atoms with Crippen molar-refractivity contribution < 1.29 is 0 Å². The van der Waals surface area contributed by atoms with E-state index in [0.717, 1.165) is 21.9 Å². The molecule has 33 heavy (non-hydrogen) atoms. The average Bonchev–Trinajstić information content (AvgIpc) is 3.47. The summed E-state index contributed by atoms with van der Waals surface area (Å²) in [6.07, 6.45) is 0. The first-order valence-corrected chi connectivity index (χ1v) is 11.6. The third-order valence-electron chi connectivity index (χ3n) is 7.43. The Balaban J connectivity index is 1.69. The molecule has 0 N–H and O–H groups in total. The van der Waals surface area contributed by atoms with Gasteiger partial charge in [0.1, 0.15) is 11.2 Å². The number of benzene rings is 5. The first kappa shape index (κ1) is 17.6. The predicted octanol–water partition coefficient (Wildman–Crippen LogP) is 7.51. The van der Waals surface area contributed by atoms with Crippen molar-refractivity contribution in [2.75, 3.05) is 0 Å². The fourth-order valence-electron chi connectivity index (χ4n) is 6.24. The molecule has 2 aliphatic rings. The Kier molecular flexibility index (Phi) is 3.16. The molecule has 0 bridgehead atoms. The second kappa shape index (κ2) is 5.92. The summed E-state index contributed by atoms with van der Waals surface area (Å²) < 4.78 is 2.36. The summed E-state index contributed by atoms with van der Waals surface area (Å²) in [5, 5.41) is 3.24. The van der Waals surface area contributed by atoms with E-state index < -0.39 is 5.41 Å². The first-order chi connectivity index (χ1) is 16.3. The van der Waals surface area contributed by atoms with Crippen molar-refractivity contribution in [3.8, 4) is 16.8 Å². The van der Waals surface area contributed by atoms with Crippen LogP contribution in [-0.4, -0.2) is 9.55 Å². The van der Waals surface area contributed by atoms with Crippen LogP contribution in [0.15, 0.2) is 103 Å². The minimum absolute atomic E-state index is 0.522. The Hall–Kier alpha value is -3.88. The molecule has 1 unspecified atom stereocenters. The van der Waals surface area contributed by atoms with E-state index in [0.29, 0.717) is 0 Å². The summed E-state index contributed by atoms with van der Waals surface area (Å²) in [4.78, 5) is 5.30. The third-order valence-corrected chi connectivity index (χ3v) is 7.66. The van der Waals surface area contributed by atoms with Crippen molar-refractivity contribution in [2.24, 2.45) is 0 Å². The van der Waals surface area contributed by atoms with Gasteiger partial charge in [-0.3, -0.25) is 4.57 Å². The summed E-state index contributed by atoms with van der Waals surface area (Å²) in [7, 11) is 0. The minimum atomic E-state index is -0.522. The summed E-state index contributed by atoms with van der Waals surface area (Å²) in [6, 6.07) is 36.7. The topological polar surface area (TPSA) is 17.8 Å². The second-order valence-corrected chi connectivity index (χ2v) is 9.36. The maximum Gasteiger partial charge on any atom is 0.134 e. The highest BCUT2D eigenvalue weighted by atomic mass is 35.5. The van der Waals surface area contributed by atoms with Gasteiger partial charge in [0.15, 0.2) is 0 Å². The lowest BCUT2D eigenvalue weighted by Gasteiger charge is -2.28. The number of hydrogen-bond acceptors (Lipinski definition) is 1. The molecule has 2 heterocycles. The van der Waals surface area contributed by atoms with Crippen LogP contribution in [0.4, 0.5) is 0 Å². The molecule has 1 aliphatic heterocycles. The van der Waals surface area contributed by atoms with Gasteiger partial charge in [0.2, 0.25) is 0 Å².